The lowest BCUT2D eigenvalue weighted by atomic mass is 10.1. The number of carbonyl (C=O) groups excluding carboxylic acids is 2. The number of amides is 1. The number of benzene rings is 2. The second-order valence-corrected chi connectivity index (χ2v) is 7.21. The van der Waals surface area contributed by atoms with E-state index in [2.05, 4.69) is 22.4 Å². The average Bonchev–Trinajstić information content (AvgIpc) is 3.41. The fraction of sp³-hybridized carbons (Fsp3) is 0.200. The summed E-state index contributed by atoms with van der Waals surface area (Å²) in [5.74, 6) is 0.201. The number of esters is 1. The first-order chi connectivity index (χ1) is 14.1. The highest BCUT2D eigenvalue weighted by Crippen LogP contribution is 2.32. The first-order valence-electron chi connectivity index (χ1n) is 8.92. The third-order valence-corrected chi connectivity index (χ3v) is 5.11. The lowest BCUT2D eigenvalue weighted by Gasteiger charge is -2.04. The Morgan fingerprint density at radius 1 is 1.10 bits per heavy atom. The number of anilines is 1. The van der Waals surface area contributed by atoms with E-state index in [1.54, 1.807) is 18.2 Å². The van der Waals surface area contributed by atoms with Gasteiger partial charge in [-0.15, -0.1) is 10.2 Å². The van der Waals surface area contributed by atoms with Gasteiger partial charge in [0.1, 0.15) is 6.61 Å². The van der Waals surface area contributed by atoms with Gasteiger partial charge in [0.25, 0.3) is 5.91 Å². The molecule has 1 amide bonds. The summed E-state index contributed by atoms with van der Waals surface area (Å²) in [6.07, 6.45) is 0.930. The van der Waals surface area contributed by atoms with E-state index in [0.717, 1.165) is 17.8 Å². The minimum Gasteiger partial charge on any atom is -0.455 e. The summed E-state index contributed by atoms with van der Waals surface area (Å²) in [5.41, 5.74) is 2.20. The summed E-state index contributed by atoms with van der Waals surface area (Å²) < 4.78 is 15.7. The van der Waals surface area contributed by atoms with Gasteiger partial charge >= 0.3 is 5.97 Å². The standard InChI is InChI=1S/C20H17N3O5S/c1-2-12-3-6-14(7-4-12)21-18(24)19-23-22-17(29-19)10-26-20(25)13-5-8-15-16(9-13)28-11-27-15/h3-9H,2,10-11H2,1H3,(H,21,24). The number of rotatable bonds is 6. The summed E-state index contributed by atoms with van der Waals surface area (Å²) in [5, 5.41) is 11.2. The van der Waals surface area contributed by atoms with E-state index in [-0.39, 0.29) is 24.3 Å². The van der Waals surface area contributed by atoms with Crippen molar-refractivity contribution < 1.29 is 23.8 Å². The summed E-state index contributed by atoms with van der Waals surface area (Å²) in [7, 11) is 0. The number of aryl methyl sites for hydroxylation is 1. The Kier molecular flexibility index (Phi) is 5.39. The molecule has 0 bridgehead atoms. The van der Waals surface area contributed by atoms with Crippen molar-refractivity contribution >= 4 is 28.9 Å². The number of carbonyl (C=O) groups is 2. The van der Waals surface area contributed by atoms with Crippen LogP contribution in [0.2, 0.25) is 0 Å². The van der Waals surface area contributed by atoms with Crippen molar-refractivity contribution in [3.63, 3.8) is 0 Å². The van der Waals surface area contributed by atoms with E-state index in [1.807, 2.05) is 24.3 Å². The molecule has 0 saturated carbocycles. The van der Waals surface area contributed by atoms with Gasteiger partial charge in [-0.3, -0.25) is 4.79 Å². The van der Waals surface area contributed by atoms with Crippen LogP contribution in [0.1, 0.15) is 37.7 Å². The van der Waals surface area contributed by atoms with Gasteiger partial charge in [0.2, 0.25) is 11.8 Å². The normalized spacial score (nSPS) is 11.9. The maximum Gasteiger partial charge on any atom is 0.338 e. The zero-order chi connectivity index (χ0) is 20.2. The van der Waals surface area contributed by atoms with Crippen LogP contribution in [0.15, 0.2) is 42.5 Å². The van der Waals surface area contributed by atoms with Gasteiger partial charge in [-0.05, 0) is 42.3 Å². The van der Waals surface area contributed by atoms with Crippen molar-refractivity contribution in [1.29, 1.82) is 0 Å². The number of nitrogens with zero attached hydrogens (tertiary/aromatic N) is 2. The number of hydrogen-bond donors (Lipinski definition) is 1. The molecule has 0 spiro atoms. The lowest BCUT2D eigenvalue weighted by Crippen LogP contribution is -2.11. The molecule has 9 heteroatoms. The van der Waals surface area contributed by atoms with Gasteiger partial charge in [0, 0.05) is 5.69 Å². The molecule has 3 aromatic rings. The molecule has 0 fully saturated rings. The largest absolute Gasteiger partial charge is 0.455 e. The average molecular weight is 411 g/mol. The molecule has 0 radical (unpaired) electrons. The summed E-state index contributed by atoms with van der Waals surface area (Å²) >= 11 is 1.07. The van der Waals surface area contributed by atoms with E-state index >= 15 is 0 Å². The van der Waals surface area contributed by atoms with Gasteiger partial charge in [-0.2, -0.15) is 0 Å². The van der Waals surface area contributed by atoms with E-state index in [9.17, 15) is 9.59 Å². The SMILES string of the molecule is CCc1ccc(NC(=O)c2nnc(COC(=O)c3ccc4c(c3)OCO4)s2)cc1. The van der Waals surface area contributed by atoms with E-state index in [1.165, 1.54) is 5.56 Å². The van der Waals surface area contributed by atoms with Crippen LogP contribution < -0.4 is 14.8 Å². The van der Waals surface area contributed by atoms with Crippen molar-refractivity contribution in [1.82, 2.24) is 10.2 Å². The quantitative estimate of drug-likeness (QED) is 0.620. The van der Waals surface area contributed by atoms with Crippen molar-refractivity contribution in [3.8, 4) is 11.5 Å². The maximum absolute atomic E-state index is 12.3. The Balaban J connectivity index is 1.33. The van der Waals surface area contributed by atoms with Crippen LogP contribution >= 0.6 is 11.3 Å². The minimum absolute atomic E-state index is 0.0799. The molecule has 2 aromatic carbocycles. The van der Waals surface area contributed by atoms with Crippen molar-refractivity contribution in [2.75, 3.05) is 12.1 Å². The van der Waals surface area contributed by atoms with Gasteiger partial charge in [0.05, 0.1) is 5.56 Å². The van der Waals surface area contributed by atoms with Crippen molar-refractivity contribution in [2.24, 2.45) is 0 Å². The molecule has 1 N–H and O–H groups in total. The number of nitrogens with one attached hydrogen (secondary N) is 1. The number of fused-ring (bicyclic) bond motifs is 1. The molecule has 1 aliphatic rings. The van der Waals surface area contributed by atoms with Gasteiger partial charge in [-0.25, -0.2) is 4.79 Å². The Morgan fingerprint density at radius 3 is 2.69 bits per heavy atom. The monoisotopic (exact) mass is 411 g/mol. The number of hydrogen-bond acceptors (Lipinski definition) is 8. The van der Waals surface area contributed by atoms with Crippen LogP contribution in [-0.2, 0) is 17.8 Å². The highest BCUT2D eigenvalue weighted by Gasteiger charge is 2.18. The molecule has 0 atom stereocenters. The molecule has 8 nitrogen and oxygen atoms in total. The molecular weight excluding hydrogens is 394 g/mol. The molecule has 1 aliphatic heterocycles. The fourth-order valence-electron chi connectivity index (χ4n) is 2.65. The first kappa shape index (κ1) is 18.9. The Bertz CT molecular complexity index is 1050. The summed E-state index contributed by atoms with van der Waals surface area (Å²) in [4.78, 5) is 24.5. The van der Waals surface area contributed by atoms with E-state index < -0.39 is 5.97 Å². The molecule has 0 aliphatic carbocycles. The molecule has 2 heterocycles. The highest BCUT2D eigenvalue weighted by molar-refractivity contribution is 7.13. The molecule has 148 valence electrons. The molecule has 0 saturated heterocycles. The van der Waals surface area contributed by atoms with Crippen LogP contribution in [0.25, 0.3) is 0 Å². The Labute approximate surface area is 170 Å². The number of aromatic nitrogens is 2. The zero-order valence-corrected chi connectivity index (χ0v) is 16.3. The van der Waals surface area contributed by atoms with Crippen molar-refractivity contribution in [3.05, 3.63) is 63.6 Å². The third kappa shape index (κ3) is 4.35. The van der Waals surface area contributed by atoms with Crippen LogP contribution in [0.4, 0.5) is 5.69 Å². The lowest BCUT2D eigenvalue weighted by molar-refractivity contribution is 0.0471. The zero-order valence-electron chi connectivity index (χ0n) is 15.5. The van der Waals surface area contributed by atoms with Crippen LogP contribution in [0.5, 0.6) is 11.5 Å². The molecular formula is C20H17N3O5S. The minimum atomic E-state index is -0.527. The topological polar surface area (TPSA) is 99.6 Å². The van der Waals surface area contributed by atoms with Crippen molar-refractivity contribution in [2.45, 2.75) is 20.0 Å². The molecule has 4 rings (SSSR count). The second-order valence-electron chi connectivity index (χ2n) is 6.15. The third-order valence-electron chi connectivity index (χ3n) is 4.22. The van der Waals surface area contributed by atoms with Crippen LogP contribution in [0, 0.1) is 0 Å². The van der Waals surface area contributed by atoms with Crippen LogP contribution in [0.3, 0.4) is 0 Å². The Morgan fingerprint density at radius 2 is 1.90 bits per heavy atom. The summed E-state index contributed by atoms with van der Waals surface area (Å²) in [6, 6.07) is 12.4. The van der Waals surface area contributed by atoms with Gasteiger partial charge < -0.3 is 19.5 Å². The van der Waals surface area contributed by atoms with Gasteiger partial charge in [0.15, 0.2) is 16.5 Å². The molecule has 29 heavy (non-hydrogen) atoms. The smallest absolute Gasteiger partial charge is 0.338 e. The predicted octanol–water partition coefficient (Wildman–Crippen LogP) is 3.44. The first-order valence-corrected chi connectivity index (χ1v) is 9.73. The molecule has 1 aromatic heterocycles. The number of ether oxygens (including phenoxy) is 3. The maximum atomic E-state index is 12.3. The summed E-state index contributed by atoms with van der Waals surface area (Å²) in [6.45, 7) is 2.12. The predicted molar refractivity (Wildman–Crippen MR) is 105 cm³/mol. The van der Waals surface area contributed by atoms with E-state index in [4.69, 9.17) is 14.2 Å². The fourth-order valence-corrected chi connectivity index (χ4v) is 3.29. The van der Waals surface area contributed by atoms with Crippen LogP contribution in [-0.4, -0.2) is 28.9 Å². The molecule has 0 unspecified atom stereocenters. The second kappa shape index (κ2) is 8.27. The van der Waals surface area contributed by atoms with Gasteiger partial charge in [-0.1, -0.05) is 30.4 Å². The highest BCUT2D eigenvalue weighted by atomic mass is 32.1. The van der Waals surface area contributed by atoms with E-state index in [0.29, 0.717) is 27.8 Å². The Hall–Kier alpha value is -3.46.